The van der Waals surface area contributed by atoms with Gasteiger partial charge in [-0.3, -0.25) is 14.9 Å². The number of carbonyl (C=O) groups excluding carboxylic acids is 1. The maximum atomic E-state index is 12.4. The second-order valence-electron chi connectivity index (χ2n) is 6.60. The van der Waals surface area contributed by atoms with Gasteiger partial charge in [0.1, 0.15) is 6.23 Å². The van der Waals surface area contributed by atoms with Crippen LogP contribution in [0.1, 0.15) is 84.5 Å². The Morgan fingerprint density at radius 1 is 0.920 bits per heavy atom. The van der Waals surface area contributed by atoms with Crippen LogP contribution < -0.4 is 5.32 Å². The number of Topliss-reactive ketones (excluding diaryl/α,β-unsaturated/α-hetero) is 1. The van der Waals surface area contributed by atoms with Crippen molar-refractivity contribution in [3.63, 3.8) is 0 Å². The van der Waals surface area contributed by atoms with Gasteiger partial charge in [-0.15, -0.1) is 0 Å². The zero-order chi connectivity index (χ0) is 19.3. The van der Waals surface area contributed by atoms with Crippen LogP contribution in [0.3, 0.4) is 0 Å². The number of hydrogen-bond donors (Lipinski definition) is 4. The van der Waals surface area contributed by atoms with Gasteiger partial charge < -0.3 is 15.3 Å². The Kier molecular flexibility index (Phi) is 12.1. The third-order valence-corrected chi connectivity index (χ3v) is 4.22. The molecular weight excluding hydrogens is 326 g/mol. The predicted octanol–water partition coefficient (Wildman–Crippen LogP) is 2.70. The molecule has 0 amide bonds. The van der Waals surface area contributed by atoms with Crippen LogP contribution in [0.25, 0.3) is 0 Å². The molecule has 7 nitrogen and oxygen atoms in total. The molecule has 146 valence electrons. The Balaban J connectivity index is 4.39. The molecule has 2 atom stereocenters. The van der Waals surface area contributed by atoms with Gasteiger partial charge in [-0.2, -0.15) is 0 Å². The molecular formula is C18H33NO6. The van der Waals surface area contributed by atoms with E-state index in [9.17, 15) is 24.6 Å². The predicted molar refractivity (Wildman–Crippen MR) is 94.3 cm³/mol. The lowest BCUT2D eigenvalue weighted by molar-refractivity contribution is -0.158. The van der Waals surface area contributed by atoms with E-state index in [1.165, 1.54) is 32.6 Å². The molecule has 0 aliphatic heterocycles. The van der Waals surface area contributed by atoms with E-state index in [2.05, 4.69) is 12.2 Å². The van der Waals surface area contributed by atoms with Crippen LogP contribution in [0.5, 0.6) is 0 Å². The quantitative estimate of drug-likeness (QED) is 0.190. The van der Waals surface area contributed by atoms with Crippen molar-refractivity contribution < 1.29 is 29.7 Å². The van der Waals surface area contributed by atoms with Crippen LogP contribution in [0.15, 0.2) is 0 Å². The number of aliphatic hydroxyl groups is 1. The van der Waals surface area contributed by atoms with Crippen LogP contribution >= 0.6 is 0 Å². The molecule has 0 aliphatic carbocycles. The summed E-state index contributed by atoms with van der Waals surface area (Å²) in [5, 5.41) is 30.0. The number of rotatable bonds is 16. The minimum atomic E-state index is -2.28. The zero-order valence-electron chi connectivity index (χ0n) is 15.4. The van der Waals surface area contributed by atoms with E-state index in [4.69, 9.17) is 5.11 Å². The van der Waals surface area contributed by atoms with Crippen molar-refractivity contribution in [3.8, 4) is 0 Å². The summed E-state index contributed by atoms with van der Waals surface area (Å²) in [7, 11) is 0. The summed E-state index contributed by atoms with van der Waals surface area (Å²) in [6.07, 6.45) is 7.25. The molecule has 0 aromatic carbocycles. The molecule has 25 heavy (non-hydrogen) atoms. The highest BCUT2D eigenvalue weighted by atomic mass is 16.4. The number of carbonyl (C=O) groups is 3. The van der Waals surface area contributed by atoms with Crippen LogP contribution in [0.4, 0.5) is 0 Å². The molecule has 0 aliphatic rings. The lowest BCUT2D eigenvalue weighted by Crippen LogP contribution is -2.61. The minimum Gasteiger partial charge on any atom is -0.481 e. The minimum absolute atomic E-state index is 0.0187. The molecule has 0 rings (SSSR count). The van der Waals surface area contributed by atoms with Crippen molar-refractivity contribution in [2.24, 2.45) is 0 Å². The summed E-state index contributed by atoms with van der Waals surface area (Å²) < 4.78 is 0. The molecule has 4 N–H and O–H groups in total. The van der Waals surface area contributed by atoms with Crippen LogP contribution in [-0.4, -0.2) is 44.8 Å². The van der Waals surface area contributed by atoms with Crippen LogP contribution in [0, 0.1) is 0 Å². The summed E-state index contributed by atoms with van der Waals surface area (Å²) >= 11 is 0. The third-order valence-electron chi connectivity index (χ3n) is 4.22. The van der Waals surface area contributed by atoms with E-state index in [0.29, 0.717) is 6.42 Å². The van der Waals surface area contributed by atoms with Gasteiger partial charge in [0, 0.05) is 6.42 Å². The molecule has 7 heteroatoms. The highest BCUT2D eigenvalue weighted by molar-refractivity contribution is 6.10. The number of aliphatic carboxylic acids is 2. The van der Waals surface area contributed by atoms with Crippen molar-refractivity contribution >= 4 is 17.7 Å². The molecule has 0 radical (unpaired) electrons. The second kappa shape index (κ2) is 12.8. The van der Waals surface area contributed by atoms with Gasteiger partial charge in [0.25, 0.3) is 0 Å². The molecule has 0 fully saturated rings. The fourth-order valence-electron chi connectivity index (χ4n) is 2.88. The van der Waals surface area contributed by atoms with Crippen molar-refractivity contribution in [1.29, 1.82) is 0 Å². The fraction of sp³-hybridized carbons (Fsp3) is 0.833. The Morgan fingerprint density at radius 2 is 1.40 bits per heavy atom. The monoisotopic (exact) mass is 359 g/mol. The summed E-state index contributed by atoms with van der Waals surface area (Å²) in [4.78, 5) is 34.9. The van der Waals surface area contributed by atoms with Crippen molar-refractivity contribution in [2.75, 3.05) is 0 Å². The van der Waals surface area contributed by atoms with Gasteiger partial charge in [-0.25, -0.2) is 4.79 Å². The molecule has 2 unspecified atom stereocenters. The van der Waals surface area contributed by atoms with Crippen molar-refractivity contribution in [1.82, 2.24) is 5.32 Å². The van der Waals surface area contributed by atoms with Crippen molar-refractivity contribution in [2.45, 2.75) is 96.2 Å². The number of unbranched alkanes of at least 4 members (excludes halogenated alkanes) is 8. The largest absolute Gasteiger partial charge is 0.481 e. The first-order valence-electron chi connectivity index (χ1n) is 9.20. The van der Waals surface area contributed by atoms with E-state index >= 15 is 0 Å². The first-order valence-corrected chi connectivity index (χ1v) is 9.20. The number of nitrogens with one attached hydrogen (secondary N) is 1. The van der Waals surface area contributed by atoms with Gasteiger partial charge >= 0.3 is 11.9 Å². The van der Waals surface area contributed by atoms with Crippen molar-refractivity contribution in [3.05, 3.63) is 0 Å². The van der Waals surface area contributed by atoms with E-state index < -0.39 is 35.9 Å². The van der Waals surface area contributed by atoms with Gasteiger partial charge in [-0.05, 0) is 13.3 Å². The van der Waals surface area contributed by atoms with E-state index in [0.717, 1.165) is 25.7 Å². The number of aliphatic hydroxyl groups excluding tert-OH is 1. The highest BCUT2D eigenvalue weighted by Gasteiger charge is 2.47. The fourth-order valence-corrected chi connectivity index (χ4v) is 2.88. The Bertz CT molecular complexity index is 424. The molecule has 0 bridgehead atoms. The molecule has 0 saturated carbocycles. The molecule has 0 heterocycles. The lowest BCUT2D eigenvalue weighted by atomic mass is 9.86. The maximum absolute atomic E-state index is 12.4. The van der Waals surface area contributed by atoms with Gasteiger partial charge in [0.05, 0.1) is 6.42 Å². The van der Waals surface area contributed by atoms with Gasteiger partial charge in [0.15, 0.2) is 11.3 Å². The molecule has 0 aromatic heterocycles. The summed E-state index contributed by atoms with van der Waals surface area (Å²) in [6.45, 7) is 3.43. The van der Waals surface area contributed by atoms with Gasteiger partial charge in [0.2, 0.25) is 0 Å². The Hall–Kier alpha value is -1.47. The van der Waals surface area contributed by atoms with Gasteiger partial charge in [-0.1, -0.05) is 58.3 Å². The standard InChI is InChI=1S/C18H33NO6/c1-3-4-5-6-7-8-9-10-11-12-15(21)18(17(24)25,13-16(22)23)19-14(2)20/h14,19-20H,3-13H2,1-2H3,(H,22,23)(H,24,25). The summed E-state index contributed by atoms with van der Waals surface area (Å²) in [5.41, 5.74) is -2.28. The average Bonchev–Trinajstić information content (AvgIpc) is 2.51. The van der Waals surface area contributed by atoms with Crippen LogP contribution in [-0.2, 0) is 14.4 Å². The molecule has 0 saturated heterocycles. The number of carboxylic acids is 2. The third kappa shape index (κ3) is 9.55. The Labute approximate surface area is 149 Å². The summed E-state index contributed by atoms with van der Waals surface area (Å²) in [6, 6.07) is 0. The number of hydrogen-bond acceptors (Lipinski definition) is 5. The number of carboxylic acid groups (broad SMARTS) is 2. The smallest absolute Gasteiger partial charge is 0.332 e. The molecule has 0 aromatic rings. The maximum Gasteiger partial charge on any atom is 0.332 e. The average molecular weight is 359 g/mol. The topological polar surface area (TPSA) is 124 Å². The van der Waals surface area contributed by atoms with E-state index in [-0.39, 0.29) is 6.42 Å². The lowest BCUT2D eigenvalue weighted by Gasteiger charge is -2.29. The first kappa shape index (κ1) is 23.5. The molecule has 0 spiro atoms. The zero-order valence-corrected chi connectivity index (χ0v) is 15.4. The highest BCUT2D eigenvalue weighted by Crippen LogP contribution is 2.19. The van der Waals surface area contributed by atoms with E-state index in [1.54, 1.807) is 0 Å². The number of ketones is 1. The normalized spacial score (nSPS) is 14.7. The first-order chi connectivity index (χ1) is 11.8. The second-order valence-corrected chi connectivity index (χ2v) is 6.60. The Morgan fingerprint density at radius 3 is 1.80 bits per heavy atom. The SMILES string of the molecule is CCCCCCCCCCCC(=O)C(CC(=O)O)(NC(C)O)C(=O)O. The van der Waals surface area contributed by atoms with Crippen LogP contribution in [0.2, 0.25) is 0 Å². The van der Waals surface area contributed by atoms with E-state index in [1.807, 2.05) is 0 Å². The summed E-state index contributed by atoms with van der Waals surface area (Å²) in [5.74, 6) is -3.68.